The molecule has 0 aliphatic rings. The fraction of sp³-hybridized carbons (Fsp3) is 0.375. The lowest BCUT2D eigenvalue weighted by Gasteiger charge is -2.08. The van der Waals surface area contributed by atoms with Crippen molar-refractivity contribution in [2.24, 2.45) is 0 Å². The van der Waals surface area contributed by atoms with Gasteiger partial charge in [-0.2, -0.15) is 0 Å². The molecule has 0 fully saturated rings. The van der Waals surface area contributed by atoms with E-state index >= 15 is 0 Å². The molecule has 21 heavy (non-hydrogen) atoms. The number of sulfonamides is 1. The maximum atomic E-state index is 12.2. The van der Waals surface area contributed by atoms with E-state index in [0.717, 1.165) is 24.0 Å². The van der Waals surface area contributed by atoms with Crippen LogP contribution in [-0.2, 0) is 22.9 Å². The average Bonchev–Trinajstić information content (AvgIpc) is 2.89. The van der Waals surface area contributed by atoms with Crippen LogP contribution in [0.5, 0.6) is 0 Å². The molecule has 0 saturated carbocycles. The lowest BCUT2D eigenvalue weighted by atomic mass is 10.1. The maximum absolute atomic E-state index is 12.2. The van der Waals surface area contributed by atoms with Gasteiger partial charge in [-0.05, 0) is 67.0 Å². The van der Waals surface area contributed by atoms with Crippen molar-refractivity contribution in [3.63, 3.8) is 0 Å². The van der Waals surface area contributed by atoms with Gasteiger partial charge in [-0.25, -0.2) is 13.1 Å². The predicted molar refractivity (Wildman–Crippen MR) is 88.5 cm³/mol. The third-order valence-corrected chi connectivity index (χ3v) is 6.07. The van der Waals surface area contributed by atoms with Gasteiger partial charge in [0.1, 0.15) is 0 Å². The Morgan fingerprint density at radius 1 is 1.14 bits per heavy atom. The van der Waals surface area contributed by atoms with E-state index in [1.54, 1.807) is 23.5 Å². The molecule has 114 valence electrons. The Kier molecular flexibility index (Phi) is 5.19. The number of nitrogens with one attached hydrogen (secondary N) is 1. The summed E-state index contributed by atoms with van der Waals surface area (Å²) < 4.78 is 27.2. The molecule has 1 N–H and O–H groups in total. The number of aryl methyl sites for hydroxylation is 3. The summed E-state index contributed by atoms with van der Waals surface area (Å²) in [4.78, 5) is 1.56. The molecule has 1 heterocycles. The van der Waals surface area contributed by atoms with Crippen LogP contribution in [0.15, 0.2) is 34.5 Å². The van der Waals surface area contributed by atoms with E-state index in [1.807, 2.05) is 19.9 Å². The van der Waals surface area contributed by atoms with Crippen molar-refractivity contribution in [1.82, 2.24) is 4.72 Å². The standard InChI is InChI=1S/C16H21NO2S2/c1-4-14-10-15(20-11-14)7-8-17-21(18,19)16-6-5-12(2)13(3)9-16/h5-6,9-11,17H,4,7-8H2,1-3H3. The molecule has 0 bridgehead atoms. The lowest BCUT2D eigenvalue weighted by molar-refractivity contribution is 0.581. The summed E-state index contributed by atoms with van der Waals surface area (Å²) in [5.41, 5.74) is 3.40. The zero-order valence-electron chi connectivity index (χ0n) is 12.6. The second kappa shape index (κ2) is 6.73. The highest BCUT2D eigenvalue weighted by Crippen LogP contribution is 2.17. The zero-order chi connectivity index (χ0) is 15.5. The largest absolute Gasteiger partial charge is 0.240 e. The molecule has 3 nitrogen and oxygen atoms in total. The molecule has 0 radical (unpaired) electrons. The summed E-state index contributed by atoms with van der Waals surface area (Å²) in [7, 11) is -3.41. The highest BCUT2D eigenvalue weighted by molar-refractivity contribution is 7.89. The Morgan fingerprint density at radius 3 is 2.52 bits per heavy atom. The molecule has 0 atom stereocenters. The van der Waals surface area contributed by atoms with Crippen LogP contribution in [0.2, 0.25) is 0 Å². The molecule has 0 amide bonds. The number of thiophene rings is 1. The van der Waals surface area contributed by atoms with Gasteiger partial charge in [0.25, 0.3) is 0 Å². The predicted octanol–water partition coefficient (Wildman–Crippen LogP) is 3.45. The number of hydrogen-bond donors (Lipinski definition) is 1. The molecule has 2 aromatic rings. The van der Waals surface area contributed by atoms with E-state index in [1.165, 1.54) is 10.4 Å². The Morgan fingerprint density at radius 2 is 1.90 bits per heavy atom. The first-order valence-electron chi connectivity index (χ1n) is 7.05. The third-order valence-electron chi connectivity index (χ3n) is 3.57. The van der Waals surface area contributed by atoms with Crippen LogP contribution >= 0.6 is 11.3 Å². The molecule has 0 saturated heterocycles. The van der Waals surface area contributed by atoms with Crippen LogP contribution in [-0.4, -0.2) is 15.0 Å². The van der Waals surface area contributed by atoms with Crippen molar-refractivity contribution in [1.29, 1.82) is 0 Å². The van der Waals surface area contributed by atoms with E-state index < -0.39 is 10.0 Å². The number of rotatable bonds is 6. The fourth-order valence-corrected chi connectivity index (χ4v) is 4.11. The van der Waals surface area contributed by atoms with Crippen LogP contribution in [0.25, 0.3) is 0 Å². The minimum absolute atomic E-state index is 0.339. The van der Waals surface area contributed by atoms with Crippen molar-refractivity contribution in [3.05, 3.63) is 51.2 Å². The van der Waals surface area contributed by atoms with E-state index in [-0.39, 0.29) is 0 Å². The van der Waals surface area contributed by atoms with E-state index in [4.69, 9.17) is 0 Å². The highest BCUT2D eigenvalue weighted by atomic mass is 32.2. The van der Waals surface area contributed by atoms with Crippen molar-refractivity contribution in [2.75, 3.05) is 6.54 Å². The number of benzene rings is 1. The van der Waals surface area contributed by atoms with Crippen molar-refractivity contribution < 1.29 is 8.42 Å². The second-order valence-corrected chi connectivity index (χ2v) is 7.93. The molecule has 0 aliphatic carbocycles. The molecule has 0 spiro atoms. The van der Waals surface area contributed by atoms with E-state index in [0.29, 0.717) is 11.4 Å². The first-order valence-corrected chi connectivity index (χ1v) is 9.42. The molecule has 1 aromatic heterocycles. The fourth-order valence-electron chi connectivity index (χ4n) is 2.02. The molecule has 2 rings (SSSR count). The van der Waals surface area contributed by atoms with Gasteiger partial charge in [0.05, 0.1) is 4.90 Å². The lowest BCUT2D eigenvalue weighted by Crippen LogP contribution is -2.25. The van der Waals surface area contributed by atoms with E-state index in [2.05, 4.69) is 23.1 Å². The van der Waals surface area contributed by atoms with Gasteiger partial charge in [0.2, 0.25) is 10.0 Å². The van der Waals surface area contributed by atoms with Crippen LogP contribution < -0.4 is 4.72 Å². The second-order valence-electron chi connectivity index (χ2n) is 5.17. The highest BCUT2D eigenvalue weighted by Gasteiger charge is 2.14. The molecule has 0 aliphatic heterocycles. The first-order chi connectivity index (χ1) is 9.92. The van der Waals surface area contributed by atoms with Gasteiger partial charge in [-0.3, -0.25) is 0 Å². The molecular formula is C16H21NO2S2. The van der Waals surface area contributed by atoms with Gasteiger partial charge < -0.3 is 0 Å². The molecule has 5 heteroatoms. The van der Waals surface area contributed by atoms with Gasteiger partial charge in [0, 0.05) is 11.4 Å². The normalized spacial score (nSPS) is 11.8. The summed E-state index contributed by atoms with van der Waals surface area (Å²) in [5.74, 6) is 0. The monoisotopic (exact) mass is 323 g/mol. The molecular weight excluding hydrogens is 302 g/mol. The summed E-state index contributed by atoms with van der Waals surface area (Å²) >= 11 is 1.69. The summed E-state index contributed by atoms with van der Waals surface area (Å²) in [6, 6.07) is 7.37. The van der Waals surface area contributed by atoms with Gasteiger partial charge in [-0.1, -0.05) is 13.0 Å². The van der Waals surface area contributed by atoms with Crippen LogP contribution in [0, 0.1) is 13.8 Å². The Bertz CT molecular complexity index is 718. The summed E-state index contributed by atoms with van der Waals surface area (Å²) in [5, 5.41) is 2.13. The molecule has 1 aromatic carbocycles. The summed E-state index contributed by atoms with van der Waals surface area (Å²) in [6.45, 7) is 6.45. The Labute approximate surface area is 131 Å². The Hall–Kier alpha value is -1.17. The average molecular weight is 323 g/mol. The molecule has 0 unspecified atom stereocenters. The summed E-state index contributed by atoms with van der Waals surface area (Å²) in [6.07, 6.45) is 1.75. The topological polar surface area (TPSA) is 46.2 Å². The Balaban J connectivity index is 1.99. The van der Waals surface area contributed by atoms with Crippen LogP contribution in [0.1, 0.15) is 28.5 Å². The van der Waals surface area contributed by atoms with Crippen LogP contribution in [0.3, 0.4) is 0 Å². The van der Waals surface area contributed by atoms with Gasteiger partial charge in [-0.15, -0.1) is 11.3 Å². The van der Waals surface area contributed by atoms with Crippen LogP contribution in [0.4, 0.5) is 0 Å². The number of hydrogen-bond acceptors (Lipinski definition) is 3. The maximum Gasteiger partial charge on any atom is 0.240 e. The minimum Gasteiger partial charge on any atom is -0.211 e. The van der Waals surface area contributed by atoms with Gasteiger partial charge >= 0.3 is 0 Å². The zero-order valence-corrected chi connectivity index (χ0v) is 14.3. The van der Waals surface area contributed by atoms with Crippen molar-refractivity contribution in [3.8, 4) is 0 Å². The van der Waals surface area contributed by atoms with Gasteiger partial charge in [0.15, 0.2) is 0 Å². The third kappa shape index (κ3) is 4.15. The first kappa shape index (κ1) is 16.2. The smallest absolute Gasteiger partial charge is 0.211 e. The quantitative estimate of drug-likeness (QED) is 0.885. The van der Waals surface area contributed by atoms with Crippen molar-refractivity contribution in [2.45, 2.75) is 38.5 Å². The minimum atomic E-state index is -3.41. The van der Waals surface area contributed by atoms with E-state index in [9.17, 15) is 8.42 Å². The van der Waals surface area contributed by atoms with Crippen molar-refractivity contribution >= 4 is 21.4 Å². The SMILES string of the molecule is CCc1csc(CCNS(=O)(=O)c2ccc(C)c(C)c2)c1.